The van der Waals surface area contributed by atoms with Crippen LogP contribution < -0.4 is 10.1 Å². The number of ether oxygens (including phenoxy) is 2. The second kappa shape index (κ2) is 9.26. The number of aryl methyl sites for hydroxylation is 1. The number of nitrogens with one attached hydrogen (secondary N) is 1. The number of fused-ring (bicyclic) bond motifs is 6. The first-order valence-electron chi connectivity index (χ1n) is 12.7. The van der Waals surface area contributed by atoms with Crippen molar-refractivity contribution in [3.8, 4) is 17.6 Å². The largest absolute Gasteiger partial charge is 0.504 e. The van der Waals surface area contributed by atoms with Crippen LogP contribution in [-0.2, 0) is 25.5 Å². The molecule has 2 bridgehead atoms. The van der Waals surface area contributed by atoms with Crippen LogP contribution in [-0.4, -0.2) is 84.4 Å². The summed E-state index contributed by atoms with van der Waals surface area (Å²) < 4.78 is 10.9. The minimum Gasteiger partial charge on any atom is -0.504 e. The van der Waals surface area contributed by atoms with Gasteiger partial charge in [-0.2, -0.15) is 5.26 Å². The monoisotopic (exact) mass is 520 g/mol. The standard InChI is InChI=1S/C28H32N4O6/c1-12-7-15-8-17-19(10-29)32-18(23(31(17)4)21(15)25(35)27(12)37-5)9-16-22(20(32)11-30-14(3)33)26(36)28(38-6)13(2)24(16)34/h7,17-20,23,35H,8-9,11H2,1-6H3,(H,30,33)/t17-,18?,19+,20+,23-/m1/s1. The normalized spacial score (nSPS) is 28.8. The van der Waals surface area contributed by atoms with E-state index in [0.717, 1.165) is 11.1 Å². The summed E-state index contributed by atoms with van der Waals surface area (Å²) >= 11 is 0. The van der Waals surface area contributed by atoms with Crippen molar-refractivity contribution >= 4 is 17.5 Å². The molecule has 0 aromatic heterocycles. The highest BCUT2D eigenvalue weighted by molar-refractivity contribution is 6.25. The molecule has 5 atom stereocenters. The van der Waals surface area contributed by atoms with Gasteiger partial charge in [0.2, 0.25) is 11.7 Å². The molecule has 10 nitrogen and oxygen atoms in total. The smallest absolute Gasteiger partial charge is 0.226 e. The second-order valence-electron chi connectivity index (χ2n) is 10.5. The van der Waals surface area contributed by atoms with Gasteiger partial charge in [-0.05, 0) is 44.9 Å². The Balaban J connectivity index is 1.74. The van der Waals surface area contributed by atoms with Crippen LogP contribution >= 0.6 is 0 Å². The summed E-state index contributed by atoms with van der Waals surface area (Å²) in [6.07, 6.45) is 0.718. The molecule has 10 heteroatoms. The average molecular weight is 521 g/mol. The van der Waals surface area contributed by atoms with Gasteiger partial charge in [-0.25, -0.2) is 0 Å². The van der Waals surface area contributed by atoms with Crippen molar-refractivity contribution in [1.29, 1.82) is 5.26 Å². The van der Waals surface area contributed by atoms with Gasteiger partial charge in [0, 0.05) is 47.8 Å². The number of rotatable bonds is 4. The summed E-state index contributed by atoms with van der Waals surface area (Å²) in [5, 5.41) is 24.7. The number of carbonyl (C=O) groups excluding carboxylic acids is 3. The van der Waals surface area contributed by atoms with Crippen LogP contribution in [0.5, 0.6) is 11.5 Å². The number of Topliss-reactive ketones (excluding diaryl/α,β-unsaturated/α-hetero) is 2. The third kappa shape index (κ3) is 3.49. The zero-order valence-electron chi connectivity index (χ0n) is 22.4. The Hall–Kier alpha value is -3.68. The van der Waals surface area contributed by atoms with Crippen molar-refractivity contribution in [2.45, 2.75) is 63.8 Å². The number of benzene rings is 1. The summed E-state index contributed by atoms with van der Waals surface area (Å²) in [6, 6.07) is 2.07. The number of piperazine rings is 1. The van der Waals surface area contributed by atoms with Gasteiger partial charge in [-0.1, -0.05) is 6.07 Å². The lowest BCUT2D eigenvalue weighted by Crippen LogP contribution is -2.71. The van der Waals surface area contributed by atoms with E-state index in [1.807, 2.05) is 24.9 Å². The number of phenolic OH excluding ortho intramolecular Hbond substituents is 1. The molecule has 2 N–H and O–H groups in total. The lowest BCUT2D eigenvalue weighted by molar-refractivity contribution is -0.124. The number of hydrogen-bond acceptors (Lipinski definition) is 9. The number of nitrogens with zero attached hydrogens (tertiary/aromatic N) is 3. The number of phenols is 1. The Morgan fingerprint density at radius 1 is 1.18 bits per heavy atom. The molecule has 0 spiro atoms. The zero-order valence-corrected chi connectivity index (χ0v) is 22.4. The van der Waals surface area contributed by atoms with Crippen molar-refractivity contribution < 1.29 is 29.0 Å². The number of methoxy groups -OCH3 is 2. The fraction of sp³-hybridized carbons (Fsp3) is 0.500. The molecule has 1 aliphatic carbocycles. The van der Waals surface area contributed by atoms with E-state index in [4.69, 9.17) is 9.47 Å². The van der Waals surface area contributed by atoms with Gasteiger partial charge in [0.1, 0.15) is 6.04 Å². The predicted molar refractivity (Wildman–Crippen MR) is 136 cm³/mol. The number of ketones is 2. The van der Waals surface area contributed by atoms with Gasteiger partial charge in [-0.3, -0.25) is 24.2 Å². The summed E-state index contributed by atoms with van der Waals surface area (Å²) in [4.78, 5) is 43.3. The van der Waals surface area contributed by atoms with Crippen LogP contribution in [0.15, 0.2) is 28.5 Å². The molecule has 1 saturated heterocycles. The summed E-state index contributed by atoms with van der Waals surface area (Å²) in [6.45, 7) is 4.89. The van der Waals surface area contributed by atoms with Gasteiger partial charge in [0.15, 0.2) is 23.0 Å². The predicted octanol–water partition coefficient (Wildman–Crippen LogP) is 1.46. The zero-order chi connectivity index (χ0) is 27.6. The lowest BCUT2D eigenvalue weighted by Gasteiger charge is -2.60. The van der Waals surface area contributed by atoms with E-state index >= 15 is 0 Å². The van der Waals surface area contributed by atoms with E-state index in [9.17, 15) is 24.8 Å². The van der Waals surface area contributed by atoms with Gasteiger partial charge < -0.3 is 19.9 Å². The average Bonchev–Trinajstić information content (AvgIpc) is 2.86. The number of allylic oxidation sites excluding steroid dienone is 2. The number of aromatic hydroxyl groups is 1. The van der Waals surface area contributed by atoms with E-state index in [1.54, 1.807) is 6.92 Å². The van der Waals surface area contributed by atoms with E-state index < -0.39 is 23.9 Å². The quantitative estimate of drug-likeness (QED) is 0.566. The Morgan fingerprint density at radius 3 is 2.50 bits per heavy atom. The fourth-order valence-electron chi connectivity index (χ4n) is 7.05. The topological polar surface area (TPSA) is 132 Å². The molecular formula is C28H32N4O6. The van der Waals surface area contributed by atoms with E-state index in [2.05, 4.69) is 16.3 Å². The highest BCUT2D eigenvalue weighted by Gasteiger charge is 2.57. The van der Waals surface area contributed by atoms with Crippen molar-refractivity contribution in [3.63, 3.8) is 0 Å². The Bertz CT molecular complexity index is 1370. The van der Waals surface area contributed by atoms with E-state index in [0.29, 0.717) is 23.3 Å². The molecule has 5 rings (SSSR count). The van der Waals surface area contributed by atoms with E-state index in [1.165, 1.54) is 21.1 Å². The van der Waals surface area contributed by atoms with Gasteiger partial charge in [0.25, 0.3) is 0 Å². The van der Waals surface area contributed by atoms with Crippen molar-refractivity contribution in [2.24, 2.45) is 0 Å². The van der Waals surface area contributed by atoms with Crippen LogP contribution in [0.1, 0.15) is 43.0 Å². The fourth-order valence-corrected chi connectivity index (χ4v) is 7.05. The highest BCUT2D eigenvalue weighted by atomic mass is 16.5. The first kappa shape index (κ1) is 25.9. The summed E-state index contributed by atoms with van der Waals surface area (Å²) in [7, 11) is 4.80. The third-order valence-electron chi connectivity index (χ3n) is 8.61. The molecule has 4 aliphatic rings. The van der Waals surface area contributed by atoms with Crippen LogP contribution in [0.3, 0.4) is 0 Å². The lowest BCUT2D eigenvalue weighted by atomic mass is 9.69. The number of nitriles is 1. The van der Waals surface area contributed by atoms with Gasteiger partial charge in [0.05, 0.1) is 32.4 Å². The first-order valence-corrected chi connectivity index (χ1v) is 12.7. The molecule has 1 amide bonds. The SMILES string of the molecule is COC1=C(C)C(=O)C2=C(C1=O)[C@H](CNC(C)=O)N1C(C2)[C@@H]2c3c(cc(C)c(OC)c3O)C[C@H]([C@@H]1C#N)N2C. The maximum absolute atomic E-state index is 13.7. The molecular weight excluding hydrogens is 488 g/mol. The minimum absolute atomic E-state index is 0.00828. The number of amides is 1. The Morgan fingerprint density at radius 2 is 1.89 bits per heavy atom. The molecule has 3 aliphatic heterocycles. The van der Waals surface area contributed by atoms with Crippen molar-refractivity contribution in [2.75, 3.05) is 27.8 Å². The number of hydrogen-bond donors (Lipinski definition) is 2. The molecule has 1 fully saturated rings. The van der Waals surface area contributed by atoms with Crippen LogP contribution in [0.4, 0.5) is 0 Å². The molecule has 1 aromatic carbocycles. The molecule has 0 radical (unpaired) electrons. The van der Waals surface area contributed by atoms with Crippen molar-refractivity contribution in [1.82, 2.24) is 15.1 Å². The molecule has 1 aromatic rings. The van der Waals surface area contributed by atoms with Crippen LogP contribution in [0, 0.1) is 18.3 Å². The van der Waals surface area contributed by atoms with Crippen LogP contribution in [0.25, 0.3) is 0 Å². The molecule has 38 heavy (non-hydrogen) atoms. The van der Waals surface area contributed by atoms with Gasteiger partial charge >= 0.3 is 0 Å². The maximum Gasteiger partial charge on any atom is 0.226 e. The minimum atomic E-state index is -0.721. The molecule has 3 heterocycles. The van der Waals surface area contributed by atoms with Crippen molar-refractivity contribution in [3.05, 3.63) is 45.2 Å². The molecule has 0 saturated carbocycles. The summed E-state index contributed by atoms with van der Waals surface area (Å²) in [5.41, 5.74) is 3.34. The highest BCUT2D eigenvalue weighted by Crippen LogP contribution is 2.53. The Kier molecular flexibility index (Phi) is 6.32. The van der Waals surface area contributed by atoms with Crippen LogP contribution in [0.2, 0.25) is 0 Å². The second-order valence-corrected chi connectivity index (χ2v) is 10.5. The Labute approximate surface area is 221 Å². The maximum atomic E-state index is 13.7. The number of likely N-dealkylation sites (N-methyl/N-ethyl adjacent to an activating group) is 1. The summed E-state index contributed by atoms with van der Waals surface area (Å²) in [5.74, 6) is -0.518. The number of carbonyl (C=O) groups is 3. The van der Waals surface area contributed by atoms with Gasteiger partial charge in [-0.15, -0.1) is 0 Å². The van der Waals surface area contributed by atoms with E-state index in [-0.39, 0.29) is 59.4 Å². The molecule has 200 valence electrons. The first-order chi connectivity index (χ1) is 18.1. The third-order valence-corrected chi connectivity index (χ3v) is 8.61. The molecule has 1 unspecified atom stereocenters.